The summed E-state index contributed by atoms with van der Waals surface area (Å²) in [6.45, 7) is 7.36. The maximum atomic E-state index is 12.6. The molecule has 0 aliphatic carbocycles. The predicted molar refractivity (Wildman–Crippen MR) is 115 cm³/mol. The molecular weight excluding hydrogens is 396 g/mol. The van der Waals surface area contributed by atoms with Crippen molar-refractivity contribution in [3.8, 4) is 0 Å². The molecule has 0 aliphatic rings. The molecule has 1 aromatic carbocycles. The molecule has 0 radical (unpaired) electrons. The second-order valence-corrected chi connectivity index (χ2v) is 7.59. The van der Waals surface area contributed by atoms with E-state index in [0.29, 0.717) is 17.7 Å². The number of hydrogen-bond donors (Lipinski definition) is 1. The number of carbonyl (C=O) groups is 3. The van der Waals surface area contributed by atoms with Crippen molar-refractivity contribution in [3.63, 3.8) is 0 Å². The standard InChI is InChI=1S/C24H26N2O5/c1-15-8-16(2)10-19(9-15)24(29)25-12-23(28)31-14-22(27)21-11-17(3)26(18(21)4)13-20-6-5-7-30-20/h5-11H,12-14H2,1-4H3,(H,25,29). The minimum atomic E-state index is -0.671. The highest BCUT2D eigenvalue weighted by atomic mass is 16.5. The van der Waals surface area contributed by atoms with Gasteiger partial charge in [0.1, 0.15) is 12.3 Å². The molecule has 7 heteroatoms. The molecule has 3 rings (SSSR count). The Morgan fingerprint density at radius 3 is 2.39 bits per heavy atom. The smallest absolute Gasteiger partial charge is 0.325 e. The van der Waals surface area contributed by atoms with E-state index in [1.165, 1.54) is 0 Å². The second-order valence-electron chi connectivity index (χ2n) is 7.59. The maximum absolute atomic E-state index is 12.6. The average Bonchev–Trinajstić information content (AvgIpc) is 3.33. The van der Waals surface area contributed by atoms with Crippen molar-refractivity contribution >= 4 is 17.7 Å². The Kier molecular flexibility index (Phi) is 6.74. The Hall–Kier alpha value is -3.61. The van der Waals surface area contributed by atoms with Crippen LogP contribution in [0, 0.1) is 27.7 Å². The highest BCUT2D eigenvalue weighted by Crippen LogP contribution is 2.18. The van der Waals surface area contributed by atoms with Gasteiger partial charge >= 0.3 is 5.97 Å². The number of amides is 1. The summed E-state index contributed by atoms with van der Waals surface area (Å²) in [5.41, 5.74) is 4.58. The molecular formula is C24H26N2O5. The van der Waals surface area contributed by atoms with Crippen LogP contribution in [0.4, 0.5) is 0 Å². The van der Waals surface area contributed by atoms with E-state index in [-0.39, 0.29) is 24.8 Å². The number of rotatable bonds is 8. The van der Waals surface area contributed by atoms with Crippen molar-refractivity contribution in [2.24, 2.45) is 0 Å². The number of nitrogens with one attached hydrogen (secondary N) is 1. The number of aromatic nitrogens is 1. The fourth-order valence-electron chi connectivity index (χ4n) is 3.52. The van der Waals surface area contributed by atoms with Crippen molar-refractivity contribution in [3.05, 3.63) is 82.1 Å². The molecule has 1 amide bonds. The van der Waals surface area contributed by atoms with E-state index in [9.17, 15) is 14.4 Å². The van der Waals surface area contributed by atoms with E-state index in [0.717, 1.165) is 28.3 Å². The Morgan fingerprint density at radius 2 is 1.74 bits per heavy atom. The first-order chi connectivity index (χ1) is 14.7. The number of esters is 1. The molecule has 0 bridgehead atoms. The topological polar surface area (TPSA) is 90.5 Å². The van der Waals surface area contributed by atoms with Crippen LogP contribution in [0.3, 0.4) is 0 Å². The first kappa shape index (κ1) is 22.1. The Balaban J connectivity index is 1.53. The minimum Gasteiger partial charge on any atom is -0.467 e. The predicted octanol–water partition coefficient (Wildman–Crippen LogP) is 3.52. The molecule has 0 saturated carbocycles. The van der Waals surface area contributed by atoms with Gasteiger partial charge in [-0.1, -0.05) is 17.2 Å². The summed E-state index contributed by atoms with van der Waals surface area (Å²) in [4.78, 5) is 36.8. The normalized spacial score (nSPS) is 10.7. The van der Waals surface area contributed by atoms with Gasteiger partial charge in [-0.2, -0.15) is 0 Å². The molecule has 1 N–H and O–H groups in total. The molecule has 162 valence electrons. The number of nitrogens with zero attached hydrogens (tertiary/aromatic N) is 1. The molecule has 2 aromatic heterocycles. The van der Waals surface area contributed by atoms with Crippen molar-refractivity contribution in [1.82, 2.24) is 9.88 Å². The minimum absolute atomic E-state index is 0.298. The van der Waals surface area contributed by atoms with E-state index in [1.54, 1.807) is 24.5 Å². The van der Waals surface area contributed by atoms with Gasteiger partial charge in [0.05, 0.1) is 12.8 Å². The van der Waals surface area contributed by atoms with Crippen LogP contribution in [0.5, 0.6) is 0 Å². The molecule has 7 nitrogen and oxygen atoms in total. The zero-order chi connectivity index (χ0) is 22.5. The average molecular weight is 422 g/mol. The number of Topliss-reactive ketones (excluding diaryl/α,β-unsaturated/α-hetero) is 1. The van der Waals surface area contributed by atoms with Gasteiger partial charge in [-0.05, 0) is 58.0 Å². The molecule has 2 heterocycles. The summed E-state index contributed by atoms with van der Waals surface area (Å²) in [5, 5.41) is 2.53. The van der Waals surface area contributed by atoms with E-state index in [4.69, 9.17) is 9.15 Å². The molecule has 0 spiro atoms. The number of aryl methyl sites for hydroxylation is 3. The third kappa shape index (κ3) is 5.51. The summed E-state index contributed by atoms with van der Waals surface area (Å²) in [5.74, 6) is -0.549. The van der Waals surface area contributed by atoms with Crippen molar-refractivity contribution in [1.29, 1.82) is 0 Å². The Labute approximate surface area is 181 Å². The van der Waals surface area contributed by atoms with Crippen molar-refractivity contribution in [2.45, 2.75) is 34.2 Å². The lowest BCUT2D eigenvalue weighted by Crippen LogP contribution is -2.31. The fourth-order valence-corrected chi connectivity index (χ4v) is 3.52. The van der Waals surface area contributed by atoms with Gasteiger partial charge in [-0.3, -0.25) is 14.4 Å². The van der Waals surface area contributed by atoms with Crippen LogP contribution >= 0.6 is 0 Å². The van der Waals surface area contributed by atoms with Crippen LogP contribution in [-0.4, -0.2) is 35.4 Å². The first-order valence-corrected chi connectivity index (χ1v) is 9.99. The molecule has 0 atom stereocenters. The van der Waals surface area contributed by atoms with E-state index in [1.807, 2.05) is 50.5 Å². The molecule has 0 unspecified atom stereocenters. The molecule has 31 heavy (non-hydrogen) atoms. The SMILES string of the molecule is Cc1cc(C)cc(C(=O)NCC(=O)OCC(=O)c2cc(C)n(Cc3ccco3)c2C)c1. The van der Waals surface area contributed by atoms with Crippen LogP contribution in [0.15, 0.2) is 47.1 Å². The lowest BCUT2D eigenvalue weighted by atomic mass is 10.1. The van der Waals surface area contributed by atoms with Gasteiger partial charge < -0.3 is 19.0 Å². The first-order valence-electron chi connectivity index (χ1n) is 9.99. The second kappa shape index (κ2) is 9.47. The lowest BCUT2D eigenvalue weighted by Gasteiger charge is -2.09. The Morgan fingerprint density at radius 1 is 1.03 bits per heavy atom. The largest absolute Gasteiger partial charge is 0.467 e. The fraction of sp³-hybridized carbons (Fsp3) is 0.292. The Bertz CT molecular complexity index is 1090. The van der Waals surface area contributed by atoms with Gasteiger partial charge in [0.2, 0.25) is 5.78 Å². The van der Waals surface area contributed by atoms with Crippen LogP contribution in [-0.2, 0) is 16.1 Å². The van der Waals surface area contributed by atoms with Gasteiger partial charge in [0, 0.05) is 22.5 Å². The highest BCUT2D eigenvalue weighted by molar-refractivity contribution is 6.00. The number of ketones is 1. The van der Waals surface area contributed by atoms with Crippen LogP contribution in [0.25, 0.3) is 0 Å². The quantitative estimate of drug-likeness (QED) is 0.443. The van der Waals surface area contributed by atoms with Crippen molar-refractivity contribution < 1.29 is 23.5 Å². The zero-order valence-electron chi connectivity index (χ0n) is 18.2. The third-order valence-electron chi connectivity index (χ3n) is 5.01. The molecule has 0 fully saturated rings. The number of benzene rings is 1. The van der Waals surface area contributed by atoms with E-state index in [2.05, 4.69) is 5.32 Å². The zero-order valence-corrected chi connectivity index (χ0v) is 18.2. The lowest BCUT2D eigenvalue weighted by molar-refractivity contribution is -0.141. The van der Waals surface area contributed by atoms with E-state index >= 15 is 0 Å². The van der Waals surface area contributed by atoms with E-state index < -0.39 is 5.97 Å². The number of hydrogen-bond acceptors (Lipinski definition) is 5. The van der Waals surface area contributed by atoms with Gasteiger partial charge in [0.25, 0.3) is 5.91 Å². The maximum Gasteiger partial charge on any atom is 0.325 e. The summed E-state index contributed by atoms with van der Waals surface area (Å²) >= 11 is 0. The van der Waals surface area contributed by atoms with Crippen LogP contribution < -0.4 is 5.32 Å². The molecule has 0 saturated heterocycles. The summed E-state index contributed by atoms with van der Waals surface area (Å²) in [7, 11) is 0. The van der Waals surface area contributed by atoms with Crippen LogP contribution in [0.2, 0.25) is 0 Å². The van der Waals surface area contributed by atoms with Crippen LogP contribution in [0.1, 0.15) is 49.0 Å². The third-order valence-corrected chi connectivity index (χ3v) is 5.01. The number of furan rings is 1. The number of ether oxygens (including phenoxy) is 1. The highest BCUT2D eigenvalue weighted by Gasteiger charge is 2.18. The summed E-state index contributed by atoms with van der Waals surface area (Å²) < 4.78 is 12.4. The summed E-state index contributed by atoms with van der Waals surface area (Å²) in [6, 6.07) is 10.9. The number of carbonyl (C=O) groups excluding carboxylic acids is 3. The monoisotopic (exact) mass is 422 g/mol. The van der Waals surface area contributed by atoms with Gasteiger partial charge in [0.15, 0.2) is 6.61 Å². The molecule has 0 aliphatic heterocycles. The summed E-state index contributed by atoms with van der Waals surface area (Å²) in [6.07, 6.45) is 1.61. The van der Waals surface area contributed by atoms with Crippen molar-refractivity contribution in [2.75, 3.05) is 13.2 Å². The van der Waals surface area contributed by atoms with Gasteiger partial charge in [-0.15, -0.1) is 0 Å². The molecule has 3 aromatic rings. The van der Waals surface area contributed by atoms with Gasteiger partial charge in [-0.25, -0.2) is 0 Å².